The highest BCUT2D eigenvalue weighted by molar-refractivity contribution is 5.70. The summed E-state index contributed by atoms with van der Waals surface area (Å²) in [6.07, 6.45) is -13.1. The van der Waals surface area contributed by atoms with Crippen molar-refractivity contribution in [2.75, 3.05) is 6.61 Å². The van der Waals surface area contributed by atoms with Crippen LogP contribution in [0.5, 0.6) is 0 Å². The van der Waals surface area contributed by atoms with Gasteiger partial charge in [0.1, 0.15) is 12.7 Å². The Kier molecular flexibility index (Phi) is 19.5. The molecule has 1 atom stereocenters. The van der Waals surface area contributed by atoms with E-state index in [0.717, 1.165) is 0 Å². The minimum absolute atomic E-state index is 0.0518. The van der Waals surface area contributed by atoms with Gasteiger partial charge < -0.3 is 9.47 Å². The predicted octanol–water partition coefficient (Wildman–Crippen LogP) is 14.4. The molecule has 0 radical (unpaired) electrons. The molecule has 1 unspecified atom stereocenters. The second-order valence-electron chi connectivity index (χ2n) is 14.4. The summed E-state index contributed by atoms with van der Waals surface area (Å²) in [5.74, 6) is -125. The molecule has 0 aliphatic rings. The number of halogens is 29. The lowest BCUT2D eigenvalue weighted by molar-refractivity contribution is -0.487. The average molecular weight is 1050 g/mol. The van der Waals surface area contributed by atoms with Gasteiger partial charge in [0, 0.05) is 12.8 Å². The highest BCUT2D eigenvalue weighted by atomic mass is 19.4. The summed E-state index contributed by atoms with van der Waals surface area (Å²) in [5.41, 5.74) is 0. The molecule has 0 aromatic rings. The molecule has 4 nitrogen and oxygen atoms in total. The van der Waals surface area contributed by atoms with E-state index in [2.05, 4.69) is 9.47 Å². The Balaban J connectivity index is 7.24. The molecule has 66 heavy (non-hydrogen) atoms. The number of rotatable bonds is 29. The molecule has 0 saturated heterocycles. The monoisotopic (exact) mass is 1050 g/mol. The van der Waals surface area contributed by atoms with Crippen molar-refractivity contribution in [3.8, 4) is 0 Å². The fraction of sp³-hybridized carbons (Fsp3) is 0.939. The van der Waals surface area contributed by atoms with Gasteiger partial charge in [-0.25, -0.2) is 0 Å². The van der Waals surface area contributed by atoms with E-state index >= 15 is 0 Å². The van der Waals surface area contributed by atoms with E-state index < -0.39 is 127 Å². The molecule has 0 fully saturated rings. The van der Waals surface area contributed by atoms with Crippen molar-refractivity contribution in [1.82, 2.24) is 0 Å². The van der Waals surface area contributed by atoms with Crippen molar-refractivity contribution < 1.29 is 146 Å². The van der Waals surface area contributed by atoms with Crippen LogP contribution in [0.4, 0.5) is 127 Å². The standard InChI is InChI=1S/C33H35F29O4/c1-3-5-7-9-11-13-18(63)65-16-17(66-19(64)14-12-10-8-6-4-2)15-20(34,35)21(36,37)22(38,39)23(40,41)24(42,43)25(44,45)26(46,47)27(48,49)28(50,51)29(52,53)30(54,55)31(56,57)32(58,59)33(60,61)62/h17H,3-16H2,1-2H3. The minimum Gasteiger partial charge on any atom is -0.462 e. The molecular weight excluding hydrogens is 1010 g/mol. The maximum Gasteiger partial charge on any atom is 0.460 e. The molecule has 0 aromatic carbocycles. The summed E-state index contributed by atoms with van der Waals surface area (Å²) < 4.78 is 413. The Bertz CT molecular complexity index is 1590. The smallest absolute Gasteiger partial charge is 0.460 e. The van der Waals surface area contributed by atoms with Crippen molar-refractivity contribution in [1.29, 1.82) is 0 Å². The van der Waals surface area contributed by atoms with Gasteiger partial charge in [0.2, 0.25) is 0 Å². The molecule has 0 aliphatic carbocycles. The van der Waals surface area contributed by atoms with Crippen LogP contribution in [0.2, 0.25) is 0 Å². The van der Waals surface area contributed by atoms with Gasteiger partial charge in [-0.1, -0.05) is 65.2 Å². The largest absolute Gasteiger partial charge is 0.462 e. The van der Waals surface area contributed by atoms with Gasteiger partial charge in [-0.2, -0.15) is 127 Å². The molecule has 0 N–H and O–H groups in total. The average Bonchev–Trinajstić information content (AvgIpc) is 3.15. The number of esters is 2. The number of carbonyl (C=O) groups excluding carboxylic acids is 2. The number of hydrogen-bond donors (Lipinski definition) is 0. The molecular formula is C33H35F29O4. The van der Waals surface area contributed by atoms with E-state index in [-0.39, 0.29) is 25.7 Å². The van der Waals surface area contributed by atoms with Crippen LogP contribution in [0.3, 0.4) is 0 Å². The van der Waals surface area contributed by atoms with Crippen molar-refractivity contribution >= 4 is 11.9 Å². The number of hydrogen-bond acceptors (Lipinski definition) is 4. The first-order chi connectivity index (χ1) is 29.0. The highest BCUT2D eigenvalue weighted by Crippen LogP contribution is 2.69. The normalized spacial score (nSPS) is 15.8. The fourth-order valence-electron chi connectivity index (χ4n) is 5.18. The Labute approximate surface area is 352 Å². The summed E-state index contributed by atoms with van der Waals surface area (Å²) in [7, 11) is 0. The molecule has 0 amide bonds. The molecule has 0 spiro atoms. The van der Waals surface area contributed by atoms with Gasteiger partial charge >= 0.3 is 95.1 Å². The summed E-state index contributed by atoms with van der Waals surface area (Å²) >= 11 is 0. The second kappa shape index (κ2) is 20.5. The summed E-state index contributed by atoms with van der Waals surface area (Å²) in [6.45, 7) is 1.52. The molecule has 0 rings (SSSR count). The van der Waals surface area contributed by atoms with Crippen LogP contribution >= 0.6 is 0 Å². The Morgan fingerprint density at radius 1 is 0.348 bits per heavy atom. The molecule has 0 aromatic heterocycles. The third kappa shape index (κ3) is 10.9. The number of carbonyl (C=O) groups is 2. The van der Waals surface area contributed by atoms with Crippen LogP contribution < -0.4 is 0 Å². The predicted molar refractivity (Wildman–Crippen MR) is 163 cm³/mol. The quantitative estimate of drug-likeness (QED) is 0.0426. The van der Waals surface area contributed by atoms with Crippen molar-refractivity contribution in [2.24, 2.45) is 0 Å². The SMILES string of the molecule is CCCCCCCC(=O)OCC(CC(F)(F)C(F)(F)C(F)(F)C(F)(F)C(F)(F)C(F)(F)C(F)(F)C(F)(F)C(F)(F)C(F)(F)C(F)(F)C(F)(F)C(F)(F)C(F)(F)F)OC(=O)CCCCCCC. The van der Waals surface area contributed by atoms with Crippen molar-refractivity contribution in [2.45, 2.75) is 187 Å². The number of ether oxygens (including phenoxy) is 2. The minimum atomic E-state index is -10.0. The third-order valence-electron chi connectivity index (χ3n) is 9.33. The molecule has 0 aliphatic heterocycles. The van der Waals surface area contributed by atoms with Gasteiger partial charge in [-0.05, 0) is 12.8 Å². The zero-order chi connectivity index (χ0) is 53.0. The van der Waals surface area contributed by atoms with Gasteiger partial charge in [0.15, 0.2) is 0 Å². The first kappa shape index (κ1) is 62.9. The van der Waals surface area contributed by atoms with Crippen LogP contribution in [0.15, 0.2) is 0 Å². The first-order valence-electron chi connectivity index (χ1n) is 18.4. The van der Waals surface area contributed by atoms with E-state index in [1.165, 1.54) is 0 Å². The van der Waals surface area contributed by atoms with E-state index in [9.17, 15) is 137 Å². The van der Waals surface area contributed by atoms with E-state index in [0.29, 0.717) is 38.5 Å². The topological polar surface area (TPSA) is 52.6 Å². The Hall–Kier alpha value is -3.09. The van der Waals surface area contributed by atoms with Crippen LogP contribution in [0.25, 0.3) is 0 Å². The molecule has 33 heteroatoms. The van der Waals surface area contributed by atoms with Crippen LogP contribution in [0.1, 0.15) is 97.3 Å². The summed E-state index contributed by atoms with van der Waals surface area (Å²) in [6, 6.07) is 0. The summed E-state index contributed by atoms with van der Waals surface area (Å²) in [4.78, 5) is 24.2. The van der Waals surface area contributed by atoms with Crippen molar-refractivity contribution in [3.63, 3.8) is 0 Å². The Morgan fingerprint density at radius 3 is 0.894 bits per heavy atom. The lowest BCUT2D eigenvalue weighted by atomic mass is 9.83. The van der Waals surface area contributed by atoms with Gasteiger partial charge in [-0.15, -0.1) is 0 Å². The van der Waals surface area contributed by atoms with Crippen LogP contribution in [-0.4, -0.2) is 108 Å². The van der Waals surface area contributed by atoms with Crippen molar-refractivity contribution in [3.05, 3.63) is 0 Å². The maximum atomic E-state index is 14.9. The lowest BCUT2D eigenvalue weighted by Crippen LogP contribution is -2.79. The van der Waals surface area contributed by atoms with Gasteiger partial charge in [0.05, 0.1) is 6.42 Å². The van der Waals surface area contributed by atoms with Crippen LogP contribution in [-0.2, 0) is 19.1 Å². The zero-order valence-electron chi connectivity index (χ0n) is 33.1. The second-order valence-corrected chi connectivity index (χ2v) is 14.4. The van der Waals surface area contributed by atoms with Gasteiger partial charge in [-0.3, -0.25) is 9.59 Å². The van der Waals surface area contributed by atoms with Crippen LogP contribution in [0, 0.1) is 0 Å². The van der Waals surface area contributed by atoms with Gasteiger partial charge in [0.25, 0.3) is 0 Å². The number of unbranched alkanes of at least 4 members (excludes halogenated alkanes) is 8. The lowest BCUT2D eigenvalue weighted by Gasteiger charge is -2.46. The third-order valence-corrected chi connectivity index (χ3v) is 9.33. The molecule has 0 heterocycles. The highest BCUT2D eigenvalue weighted by Gasteiger charge is 3.00. The molecule has 394 valence electrons. The first-order valence-corrected chi connectivity index (χ1v) is 18.4. The zero-order valence-corrected chi connectivity index (χ0v) is 33.1. The summed E-state index contributed by atoms with van der Waals surface area (Å²) in [5, 5.41) is 0. The number of alkyl halides is 29. The van der Waals surface area contributed by atoms with E-state index in [1.54, 1.807) is 13.8 Å². The van der Waals surface area contributed by atoms with E-state index in [1.807, 2.05) is 0 Å². The molecule has 0 saturated carbocycles. The Morgan fingerprint density at radius 2 is 0.606 bits per heavy atom. The van der Waals surface area contributed by atoms with E-state index in [4.69, 9.17) is 0 Å². The maximum absolute atomic E-state index is 14.9. The fourth-order valence-corrected chi connectivity index (χ4v) is 5.18. The molecule has 0 bridgehead atoms.